The largest absolute Gasteiger partial charge is 0.336 e. The first-order chi connectivity index (χ1) is 10.0. The minimum atomic E-state index is 0.103. The summed E-state index contributed by atoms with van der Waals surface area (Å²) in [5.74, 6) is 0.613. The Labute approximate surface area is 127 Å². The van der Waals surface area contributed by atoms with Crippen LogP contribution in [0.2, 0.25) is 0 Å². The maximum absolute atomic E-state index is 12.6. The maximum Gasteiger partial charge on any atom is 0.255 e. The van der Waals surface area contributed by atoms with Crippen molar-refractivity contribution in [1.82, 2.24) is 14.8 Å². The Morgan fingerprint density at radius 3 is 2.52 bits per heavy atom. The Hall–Kier alpha value is -1.46. The minimum Gasteiger partial charge on any atom is -0.336 e. The average molecular weight is 290 g/mol. The fourth-order valence-corrected chi connectivity index (χ4v) is 2.73. The molecule has 1 saturated heterocycles. The Kier molecular flexibility index (Phi) is 5.31. The first-order valence-electron chi connectivity index (χ1n) is 7.67. The minimum absolute atomic E-state index is 0.103. The summed E-state index contributed by atoms with van der Waals surface area (Å²) in [6.45, 7) is 11.2. The number of rotatable bonds is 4. The van der Waals surface area contributed by atoms with Crippen molar-refractivity contribution in [2.45, 2.75) is 20.8 Å². The second-order valence-electron chi connectivity index (χ2n) is 6.02. The number of pyridine rings is 1. The van der Waals surface area contributed by atoms with Gasteiger partial charge in [-0.15, -0.1) is 0 Å². The fraction of sp³-hybridized carbons (Fsp3) is 0.625. The lowest BCUT2D eigenvalue weighted by atomic mass is 10.1. The highest BCUT2D eigenvalue weighted by molar-refractivity contribution is 5.95. The molecule has 1 aliphatic rings. The zero-order chi connectivity index (χ0) is 15.4. The van der Waals surface area contributed by atoms with Gasteiger partial charge in [-0.3, -0.25) is 14.7 Å². The van der Waals surface area contributed by atoms with Gasteiger partial charge in [0.1, 0.15) is 0 Å². The number of nitrogens with two attached hydrogens (primary N) is 1. The lowest BCUT2D eigenvalue weighted by Crippen LogP contribution is -2.50. The molecule has 0 saturated carbocycles. The highest BCUT2D eigenvalue weighted by Crippen LogP contribution is 2.13. The molecule has 2 N–H and O–H groups in total. The van der Waals surface area contributed by atoms with Crippen LogP contribution in [0.15, 0.2) is 12.1 Å². The van der Waals surface area contributed by atoms with Crippen molar-refractivity contribution < 1.29 is 4.79 Å². The van der Waals surface area contributed by atoms with E-state index >= 15 is 0 Å². The number of amides is 1. The van der Waals surface area contributed by atoms with E-state index in [0.717, 1.165) is 49.7 Å². The van der Waals surface area contributed by atoms with Crippen LogP contribution in [0.1, 0.15) is 28.7 Å². The van der Waals surface area contributed by atoms with Crippen molar-refractivity contribution in [2.24, 2.45) is 11.7 Å². The predicted molar refractivity (Wildman–Crippen MR) is 84.3 cm³/mol. The Bertz CT molecular complexity index is 495. The van der Waals surface area contributed by atoms with E-state index in [1.165, 1.54) is 0 Å². The second kappa shape index (κ2) is 7.00. The normalized spacial score (nSPS) is 17.8. The lowest BCUT2D eigenvalue weighted by Gasteiger charge is -2.36. The van der Waals surface area contributed by atoms with Crippen LogP contribution in [0.3, 0.4) is 0 Å². The van der Waals surface area contributed by atoms with E-state index in [9.17, 15) is 4.79 Å². The molecular formula is C16H26N4O. The number of aryl methyl sites for hydroxylation is 2. The van der Waals surface area contributed by atoms with E-state index in [1.54, 1.807) is 0 Å². The van der Waals surface area contributed by atoms with Crippen molar-refractivity contribution in [3.63, 3.8) is 0 Å². The standard InChI is InChI=1S/C16H26N4O/c1-12(10-17)11-19-6-8-20(9-7-19)16(21)15-5-4-13(2)18-14(15)3/h4-5,12H,6-11,17H2,1-3H3. The van der Waals surface area contributed by atoms with Gasteiger partial charge < -0.3 is 10.6 Å². The van der Waals surface area contributed by atoms with Crippen molar-refractivity contribution in [1.29, 1.82) is 0 Å². The number of hydrogen-bond acceptors (Lipinski definition) is 4. The molecule has 0 aromatic carbocycles. The summed E-state index contributed by atoms with van der Waals surface area (Å²) in [6, 6.07) is 3.79. The molecule has 1 aromatic rings. The molecular weight excluding hydrogens is 264 g/mol. The molecule has 5 heteroatoms. The van der Waals surface area contributed by atoms with Crippen molar-refractivity contribution >= 4 is 5.91 Å². The number of hydrogen-bond donors (Lipinski definition) is 1. The summed E-state index contributed by atoms with van der Waals surface area (Å²) in [6.07, 6.45) is 0. The van der Waals surface area contributed by atoms with Crippen LogP contribution in [0.25, 0.3) is 0 Å². The summed E-state index contributed by atoms with van der Waals surface area (Å²) in [5, 5.41) is 0. The molecule has 1 aromatic heterocycles. The monoisotopic (exact) mass is 290 g/mol. The molecule has 0 aliphatic carbocycles. The van der Waals surface area contributed by atoms with Gasteiger partial charge >= 0.3 is 0 Å². The third-order valence-electron chi connectivity index (χ3n) is 4.09. The molecule has 21 heavy (non-hydrogen) atoms. The quantitative estimate of drug-likeness (QED) is 0.900. The smallest absolute Gasteiger partial charge is 0.255 e. The molecule has 0 bridgehead atoms. The first kappa shape index (κ1) is 15.9. The Balaban J connectivity index is 1.94. The van der Waals surface area contributed by atoms with E-state index in [4.69, 9.17) is 5.73 Å². The number of carbonyl (C=O) groups excluding carboxylic acids is 1. The fourth-order valence-electron chi connectivity index (χ4n) is 2.73. The molecule has 1 aliphatic heterocycles. The van der Waals surface area contributed by atoms with E-state index in [2.05, 4.69) is 16.8 Å². The van der Waals surface area contributed by atoms with Gasteiger partial charge in [0.2, 0.25) is 0 Å². The third-order valence-corrected chi connectivity index (χ3v) is 4.09. The van der Waals surface area contributed by atoms with E-state index in [0.29, 0.717) is 12.5 Å². The van der Waals surface area contributed by atoms with Crippen LogP contribution >= 0.6 is 0 Å². The van der Waals surface area contributed by atoms with Gasteiger partial charge in [-0.05, 0) is 38.4 Å². The third kappa shape index (κ3) is 4.02. The van der Waals surface area contributed by atoms with Crippen molar-refractivity contribution in [3.05, 3.63) is 29.1 Å². The summed E-state index contributed by atoms with van der Waals surface area (Å²) in [7, 11) is 0. The van der Waals surface area contributed by atoms with Crippen LogP contribution in [-0.2, 0) is 0 Å². The van der Waals surface area contributed by atoms with Crippen LogP contribution in [0.5, 0.6) is 0 Å². The molecule has 1 unspecified atom stereocenters. The van der Waals surface area contributed by atoms with E-state index < -0.39 is 0 Å². The highest BCUT2D eigenvalue weighted by atomic mass is 16.2. The lowest BCUT2D eigenvalue weighted by molar-refractivity contribution is 0.0620. The Morgan fingerprint density at radius 1 is 1.29 bits per heavy atom. The van der Waals surface area contributed by atoms with Gasteiger partial charge in [-0.2, -0.15) is 0 Å². The maximum atomic E-state index is 12.6. The molecule has 2 heterocycles. The molecule has 2 rings (SSSR count). The zero-order valence-electron chi connectivity index (χ0n) is 13.3. The molecule has 1 atom stereocenters. The summed E-state index contributed by atoms with van der Waals surface area (Å²) >= 11 is 0. The zero-order valence-corrected chi connectivity index (χ0v) is 13.3. The molecule has 0 radical (unpaired) electrons. The van der Waals surface area contributed by atoms with Crippen molar-refractivity contribution in [2.75, 3.05) is 39.3 Å². The van der Waals surface area contributed by atoms with E-state index in [-0.39, 0.29) is 5.91 Å². The van der Waals surface area contributed by atoms with Gasteiger partial charge in [0, 0.05) is 38.4 Å². The molecule has 1 amide bonds. The molecule has 1 fully saturated rings. The predicted octanol–water partition coefficient (Wildman–Crippen LogP) is 1.05. The van der Waals surface area contributed by atoms with Crippen LogP contribution in [-0.4, -0.2) is 60.0 Å². The van der Waals surface area contributed by atoms with Gasteiger partial charge in [0.15, 0.2) is 0 Å². The van der Waals surface area contributed by atoms with Gasteiger partial charge in [-0.25, -0.2) is 0 Å². The van der Waals surface area contributed by atoms with Gasteiger partial charge in [0.25, 0.3) is 5.91 Å². The van der Waals surface area contributed by atoms with E-state index in [1.807, 2.05) is 30.9 Å². The van der Waals surface area contributed by atoms with Gasteiger partial charge in [-0.1, -0.05) is 6.92 Å². The van der Waals surface area contributed by atoms with Crippen LogP contribution in [0, 0.1) is 19.8 Å². The van der Waals surface area contributed by atoms with Crippen molar-refractivity contribution in [3.8, 4) is 0 Å². The topological polar surface area (TPSA) is 62.5 Å². The van der Waals surface area contributed by atoms with Gasteiger partial charge in [0.05, 0.1) is 11.3 Å². The summed E-state index contributed by atoms with van der Waals surface area (Å²) < 4.78 is 0. The summed E-state index contributed by atoms with van der Waals surface area (Å²) in [4.78, 5) is 21.3. The van der Waals surface area contributed by atoms with Crippen LogP contribution < -0.4 is 5.73 Å². The number of piperazine rings is 1. The van der Waals surface area contributed by atoms with Crippen LogP contribution in [0.4, 0.5) is 0 Å². The summed E-state index contributed by atoms with van der Waals surface area (Å²) in [5.41, 5.74) is 8.17. The average Bonchev–Trinajstić information content (AvgIpc) is 2.47. The number of aromatic nitrogens is 1. The molecule has 5 nitrogen and oxygen atoms in total. The number of carbonyl (C=O) groups is 1. The second-order valence-corrected chi connectivity index (χ2v) is 6.02. The molecule has 0 spiro atoms. The first-order valence-corrected chi connectivity index (χ1v) is 7.67. The number of nitrogens with zero attached hydrogens (tertiary/aromatic N) is 3. The highest BCUT2D eigenvalue weighted by Gasteiger charge is 2.23. The molecule has 116 valence electrons. The Morgan fingerprint density at radius 2 is 1.95 bits per heavy atom. The SMILES string of the molecule is Cc1ccc(C(=O)N2CCN(CC(C)CN)CC2)c(C)n1.